The highest BCUT2D eigenvalue weighted by molar-refractivity contribution is 6.31. The van der Waals surface area contributed by atoms with E-state index in [0.717, 1.165) is 28.4 Å². The number of hydrogen-bond acceptors (Lipinski definition) is 2. The Hall–Kier alpha value is -2.32. The van der Waals surface area contributed by atoms with Crippen molar-refractivity contribution in [3.63, 3.8) is 0 Å². The summed E-state index contributed by atoms with van der Waals surface area (Å²) in [4.78, 5) is 11.1. The number of halogens is 1. The van der Waals surface area contributed by atoms with Crippen molar-refractivity contribution in [3.8, 4) is 5.75 Å². The zero-order chi connectivity index (χ0) is 14.7. The molecular formula is C18H13ClO2. The molecule has 3 aromatic carbocycles. The van der Waals surface area contributed by atoms with Gasteiger partial charge in [-0.2, -0.15) is 0 Å². The highest BCUT2D eigenvalue weighted by Crippen LogP contribution is 2.29. The van der Waals surface area contributed by atoms with E-state index < -0.39 is 0 Å². The Balaban J connectivity index is 1.95. The summed E-state index contributed by atoms with van der Waals surface area (Å²) in [6, 6.07) is 18.9. The smallest absolute Gasteiger partial charge is 0.150 e. The average molecular weight is 297 g/mol. The molecule has 21 heavy (non-hydrogen) atoms. The molecule has 0 unspecified atom stereocenters. The van der Waals surface area contributed by atoms with Crippen molar-refractivity contribution in [1.82, 2.24) is 0 Å². The number of carbonyl (C=O) groups is 1. The molecule has 0 fully saturated rings. The van der Waals surface area contributed by atoms with Crippen LogP contribution in [0.25, 0.3) is 10.8 Å². The summed E-state index contributed by atoms with van der Waals surface area (Å²) < 4.78 is 5.89. The Morgan fingerprint density at radius 1 is 0.905 bits per heavy atom. The lowest BCUT2D eigenvalue weighted by Gasteiger charge is -2.11. The molecule has 3 heteroatoms. The van der Waals surface area contributed by atoms with Gasteiger partial charge >= 0.3 is 0 Å². The summed E-state index contributed by atoms with van der Waals surface area (Å²) in [6.45, 7) is 0.393. The predicted molar refractivity (Wildman–Crippen MR) is 85.1 cm³/mol. The van der Waals surface area contributed by atoms with Crippen molar-refractivity contribution >= 4 is 28.7 Å². The van der Waals surface area contributed by atoms with Crippen LogP contribution in [0.2, 0.25) is 5.02 Å². The summed E-state index contributed by atoms with van der Waals surface area (Å²) in [5.74, 6) is 0.746. The Labute approximate surface area is 127 Å². The van der Waals surface area contributed by atoms with Crippen LogP contribution in [0.1, 0.15) is 15.9 Å². The maximum Gasteiger partial charge on any atom is 0.150 e. The van der Waals surface area contributed by atoms with Gasteiger partial charge in [-0.3, -0.25) is 4.79 Å². The standard InChI is InChI=1S/C18H13ClO2/c19-17-8-4-1-5-14(17)12-21-18-10-9-13(11-20)15-6-2-3-7-16(15)18/h1-11H,12H2. The molecule has 104 valence electrons. The van der Waals surface area contributed by atoms with Crippen LogP contribution in [0.5, 0.6) is 5.75 Å². The van der Waals surface area contributed by atoms with E-state index >= 15 is 0 Å². The highest BCUT2D eigenvalue weighted by atomic mass is 35.5. The second-order valence-corrected chi connectivity index (χ2v) is 5.10. The van der Waals surface area contributed by atoms with Crippen molar-refractivity contribution in [3.05, 3.63) is 76.8 Å². The van der Waals surface area contributed by atoms with Crippen LogP contribution in [-0.2, 0) is 6.61 Å². The molecule has 2 nitrogen and oxygen atoms in total. The second-order valence-electron chi connectivity index (χ2n) is 4.70. The molecule has 0 amide bonds. The number of hydrogen-bond donors (Lipinski definition) is 0. The van der Waals surface area contributed by atoms with Crippen molar-refractivity contribution in [2.24, 2.45) is 0 Å². The number of carbonyl (C=O) groups excluding carboxylic acids is 1. The summed E-state index contributed by atoms with van der Waals surface area (Å²) in [7, 11) is 0. The van der Waals surface area contributed by atoms with Gasteiger partial charge in [0, 0.05) is 21.5 Å². The minimum atomic E-state index is 0.393. The molecule has 3 aromatic rings. The normalized spacial score (nSPS) is 10.5. The lowest BCUT2D eigenvalue weighted by atomic mass is 10.0. The molecular weight excluding hydrogens is 284 g/mol. The number of rotatable bonds is 4. The SMILES string of the molecule is O=Cc1ccc(OCc2ccccc2Cl)c2ccccc12. The number of fused-ring (bicyclic) bond motifs is 1. The van der Waals surface area contributed by atoms with Gasteiger partial charge in [0.15, 0.2) is 6.29 Å². The fraction of sp³-hybridized carbons (Fsp3) is 0.0556. The molecule has 3 rings (SSSR count). The van der Waals surface area contributed by atoms with Gasteiger partial charge in [0.1, 0.15) is 12.4 Å². The van der Waals surface area contributed by atoms with Gasteiger partial charge in [-0.05, 0) is 23.6 Å². The lowest BCUT2D eigenvalue weighted by Crippen LogP contribution is -1.97. The minimum absolute atomic E-state index is 0.393. The number of benzene rings is 3. The first-order chi connectivity index (χ1) is 10.3. The van der Waals surface area contributed by atoms with E-state index in [0.29, 0.717) is 17.2 Å². The molecule has 0 aliphatic rings. The van der Waals surface area contributed by atoms with Gasteiger partial charge < -0.3 is 4.74 Å². The van der Waals surface area contributed by atoms with Crippen LogP contribution >= 0.6 is 11.6 Å². The quantitative estimate of drug-likeness (QED) is 0.641. The van der Waals surface area contributed by atoms with Gasteiger partial charge in [-0.15, -0.1) is 0 Å². The number of ether oxygens (including phenoxy) is 1. The topological polar surface area (TPSA) is 26.3 Å². The molecule has 0 atom stereocenters. The van der Waals surface area contributed by atoms with Gasteiger partial charge in [0.05, 0.1) is 0 Å². The third-order valence-electron chi connectivity index (χ3n) is 3.39. The third-order valence-corrected chi connectivity index (χ3v) is 3.75. The highest BCUT2D eigenvalue weighted by Gasteiger charge is 2.07. The Morgan fingerprint density at radius 3 is 2.38 bits per heavy atom. The fourth-order valence-electron chi connectivity index (χ4n) is 2.29. The van der Waals surface area contributed by atoms with Crippen molar-refractivity contribution in [2.45, 2.75) is 6.61 Å². The van der Waals surface area contributed by atoms with E-state index in [-0.39, 0.29) is 0 Å². The van der Waals surface area contributed by atoms with Crippen LogP contribution < -0.4 is 4.74 Å². The van der Waals surface area contributed by atoms with Crippen molar-refractivity contribution in [1.29, 1.82) is 0 Å². The molecule has 0 aliphatic carbocycles. The van der Waals surface area contributed by atoms with Crippen LogP contribution in [0.3, 0.4) is 0 Å². The third kappa shape index (κ3) is 2.76. The van der Waals surface area contributed by atoms with Gasteiger partial charge in [-0.25, -0.2) is 0 Å². The molecule has 0 spiro atoms. The van der Waals surface area contributed by atoms with E-state index in [1.54, 1.807) is 6.07 Å². The van der Waals surface area contributed by atoms with Gasteiger partial charge in [0.2, 0.25) is 0 Å². The van der Waals surface area contributed by atoms with Crippen LogP contribution in [-0.4, -0.2) is 6.29 Å². The van der Waals surface area contributed by atoms with Crippen LogP contribution in [0, 0.1) is 0 Å². The molecule has 0 radical (unpaired) electrons. The van der Waals surface area contributed by atoms with E-state index in [1.165, 1.54) is 0 Å². The number of aldehydes is 1. The minimum Gasteiger partial charge on any atom is -0.488 e. The average Bonchev–Trinajstić information content (AvgIpc) is 2.54. The fourth-order valence-corrected chi connectivity index (χ4v) is 2.48. The summed E-state index contributed by atoms with van der Waals surface area (Å²) in [5.41, 5.74) is 1.60. The van der Waals surface area contributed by atoms with Crippen molar-refractivity contribution < 1.29 is 9.53 Å². The molecule has 0 aliphatic heterocycles. The first-order valence-electron chi connectivity index (χ1n) is 6.63. The van der Waals surface area contributed by atoms with Crippen molar-refractivity contribution in [2.75, 3.05) is 0 Å². The first kappa shape index (κ1) is 13.7. The second kappa shape index (κ2) is 5.98. The van der Waals surface area contributed by atoms with Crippen LogP contribution in [0.15, 0.2) is 60.7 Å². The Kier molecular flexibility index (Phi) is 3.89. The van der Waals surface area contributed by atoms with E-state index in [9.17, 15) is 4.79 Å². The molecule has 0 N–H and O–H groups in total. The van der Waals surface area contributed by atoms with Gasteiger partial charge in [0.25, 0.3) is 0 Å². The summed E-state index contributed by atoms with van der Waals surface area (Å²) in [5, 5.41) is 2.50. The predicted octanol–water partition coefficient (Wildman–Crippen LogP) is 4.88. The van der Waals surface area contributed by atoms with E-state index in [4.69, 9.17) is 16.3 Å². The zero-order valence-electron chi connectivity index (χ0n) is 11.3. The maximum atomic E-state index is 11.1. The monoisotopic (exact) mass is 296 g/mol. The molecule has 0 saturated heterocycles. The van der Waals surface area contributed by atoms with Gasteiger partial charge in [-0.1, -0.05) is 54.1 Å². The Bertz CT molecular complexity index is 796. The largest absolute Gasteiger partial charge is 0.488 e. The molecule has 0 heterocycles. The maximum absolute atomic E-state index is 11.1. The molecule has 0 aromatic heterocycles. The lowest BCUT2D eigenvalue weighted by molar-refractivity contribution is 0.112. The van der Waals surface area contributed by atoms with E-state index in [1.807, 2.05) is 54.6 Å². The first-order valence-corrected chi connectivity index (χ1v) is 7.00. The molecule has 0 saturated carbocycles. The van der Waals surface area contributed by atoms with E-state index in [2.05, 4.69) is 0 Å². The summed E-state index contributed by atoms with van der Waals surface area (Å²) in [6.07, 6.45) is 0.861. The van der Waals surface area contributed by atoms with Crippen LogP contribution in [0.4, 0.5) is 0 Å². The molecule has 0 bridgehead atoms. The Morgan fingerprint density at radius 2 is 1.62 bits per heavy atom. The zero-order valence-corrected chi connectivity index (χ0v) is 12.0. The summed E-state index contributed by atoms with van der Waals surface area (Å²) >= 11 is 6.13.